The van der Waals surface area contributed by atoms with Crippen molar-refractivity contribution in [1.29, 1.82) is 0 Å². The zero-order chi connectivity index (χ0) is 11.5. The SMILES string of the molecule is CCC(=O)N/N=C1/CCc2ccc(F)cc21. The number of fused-ring (bicyclic) bond motifs is 1. The Bertz CT molecular complexity index is 454. The Hall–Kier alpha value is -1.71. The molecule has 84 valence electrons. The molecule has 1 aromatic rings. The van der Waals surface area contributed by atoms with E-state index in [9.17, 15) is 9.18 Å². The fourth-order valence-corrected chi connectivity index (χ4v) is 1.75. The molecule has 0 saturated carbocycles. The number of nitrogens with one attached hydrogen (secondary N) is 1. The van der Waals surface area contributed by atoms with Gasteiger partial charge in [-0.2, -0.15) is 5.10 Å². The van der Waals surface area contributed by atoms with E-state index >= 15 is 0 Å². The summed E-state index contributed by atoms with van der Waals surface area (Å²) in [4.78, 5) is 11.1. The highest BCUT2D eigenvalue weighted by atomic mass is 19.1. The first-order chi connectivity index (χ1) is 7.70. The van der Waals surface area contributed by atoms with E-state index in [1.54, 1.807) is 13.0 Å². The van der Waals surface area contributed by atoms with Crippen LogP contribution in [0.3, 0.4) is 0 Å². The van der Waals surface area contributed by atoms with Crippen LogP contribution in [0.25, 0.3) is 0 Å². The van der Waals surface area contributed by atoms with E-state index in [1.165, 1.54) is 12.1 Å². The Kier molecular flexibility index (Phi) is 2.99. The van der Waals surface area contributed by atoms with Crippen LogP contribution in [0, 0.1) is 5.82 Å². The number of rotatable bonds is 2. The summed E-state index contributed by atoms with van der Waals surface area (Å²) in [6, 6.07) is 4.69. The van der Waals surface area contributed by atoms with Crippen LogP contribution in [0.2, 0.25) is 0 Å². The summed E-state index contributed by atoms with van der Waals surface area (Å²) in [5.41, 5.74) is 5.13. The van der Waals surface area contributed by atoms with Gasteiger partial charge in [-0.25, -0.2) is 9.82 Å². The third-order valence-electron chi connectivity index (χ3n) is 2.65. The van der Waals surface area contributed by atoms with Gasteiger partial charge in [0.25, 0.3) is 0 Å². The smallest absolute Gasteiger partial charge is 0.239 e. The first kappa shape index (κ1) is 10.8. The Morgan fingerprint density at radius 2 is 2.31 bits per heavy atom. The van der Waals surface area contributed by atoms with Crippen LogP contribution >= 0.6 is 0 Å². The monoisotopic (exact) mass is 220 g/mol. The van der Waals surface area contributed by atoms with Crippen LogP contribution in [-0.2, 0) is 11.2 Å². The fourth-order valence-electron chi connectivity index (χ4n) is 1.75. The second-order valence-corrected chi connectivity index (χ2v) is 3.75. The standard InChI is InChI=1S/C12H13FN2O/c1-2-12(16)15-14-11-6-4-8-3-5-9(13)7-10(8)11/h3,5,7H,2,4,6H2,1H3,(H,15,16)/b14-11-. The lowest BCUT2D eigenvalue weighted by Crippen LogP contribution is -2.17. The molecule has 0 spiro atoms. The van der Waals surface area contributed by atoms with E-state index in [0.29, 0.717) is 6.42 Å². The number of nitrogens with zero attached hydrogens (tertiary/aromatic N) is 1. The van der Waals surface area contributed by atoms with Gasteiger partial charge in [0.15, 0.2) is 0 Å². The molecule has 0 fully saturated rings. The average molecular weight is 220 g/mol. The third kappa shape index (κ3) is 2.10. The molecule has 1 aliphatic rings. The van der Waals surface area contributed by atoms with Crippen LogP contribution in [0.15, 0.2) is 23.3 Å². The molecule has 1 aliphatic carbocycles. The molecule has 1 aromatic carbocycles. The van der Waals surface area contributed by atoms with Gasteiger partial charge in [0.2, 0.25) is 5.91 Å². The third-order valence-corrected chi connectivity index (χ3v) is 2.65. The second kappa shape index (κ2) is 4.43. The number of amides is 1. The minimum Gasteiger partial charge on any atom is -0.273 e. The molecular formula is C12H13FN2O. The fraction of sp³-hybridized carbons (Fsp3) is 0.333. The molecule has 0 radical (unpaired) electrons. The zero-order valence-corrected chi connectivity index (χ0v) is 9.09. The number of aryl methyl sites for hydroxylation is 1. The highest BCUT2D eigenvalue weighted by Crippen LogP contribution is 2.23. The highest BCUT2D eigenvalue weighted by Gasteiger charge is 2.18. The number of carbonyl (C=O) groups excluding carboxylic acids is 1. The van der Waals surface area contributed by atoms with Crippen LogP contribution in [0.1, 0.15) is 30.9 Å². The van der Waals surface area contributed by atoms with Gasteiger partial charge in [-0.3, -0.25) is 4.79 Å². The van der Waals surface area contributed by atoms with Crippen molar-refractivity contribution < 1.29 is 9.18 Å². The van der Waals surface area contributed by atoms with Gasteiger partial charge in [-0.1, -0.05) is 13.0 Å². The van der Waals surface area contributed by atoms with Crippen molar-refractivity contribution in [3.63, 3.8) is 0 Å². The van der Waals surface area contributed by atoms with Gasteiger partial charge in [0, 0.05) is 12.0 Å². The summed E-state index contributed by atoms with van der Waals surface area (Å²) >= 11 is 0. The predicted molar refractivity (Wildman–Crippen MR) is 59.7 cm³/mol. The molecule has 3 nitrogen and oxygen atoms in total. The largest absolute Gasteiger partial charge is 0.273 e. The maximum Gasteiger partial charge on any atom is 0.239 e. The highest BCUT2D eigenvalue weighted by molar-refractivity contribution is 6.04. The molecule has 0 aliphatic heterocycles. The molecule has 1 amide bonds. The first-order valence-electron chi connectivity index (χ1n) is 5.35. The van der Waals surface area contributed by atoms with Gasteiger partial charge in [0.1, 0.15) is 5.82 Å². The van der Waals surface area contributed by atoms with Gasteiger partial charge >= 0.3 is 0 Å². The number of hydrogen-bond acceptors (Lipinski definition) is 2. The van der Waals surface area contributed by atoms with E-state index in [1.807, 2.05) is 0 Å². The molecule has 16 heavy (non-hydrogen) atoms. The predicted octanol–water partition coefficient (Wildman–Crippen LogP) is 2.00. The van der Waals surface area contributed by atoms with E-state index in [2.05, 4.69) is 10.5 Å². The molecule has 0 atom stereocenters. The van der Waals surface area contributed by atoms with Crippen molar-refractivity contribution in [2.45, 2.75) is 26.2 Å². The lowest BCUT2D eigenvalue weighted by molar-refractivity contribution is -0.120. The van der Waals surface area contributed by atoms with Gasteiger partial charge in [-0.05, 0) is 30.5 Å². The minimum atomic E-state index is -0.268. The molecule has 0 heterocycles. The van der Waals surface area contributed by atoms with E-state index < -0.39 is 0 Å². The molecule has 2 rings (SSSR count). The summed E-state index contributed by atoms with van der Waals surface area (Å²) in [5, 5.41) is 4.03. The normalized spacial score (nSPS) is 16.2. The van der Waals surface area contributed by atoms with Crippen LogP contribution in [0.4, 0.5) is 4.39 Å². The van der Waals surface area contributed by atoms with Crippen LogP contribution in [-0.4, -0.2) is 11.6 Å². The van der Waals surface area contributed by atoms with Crippen molar-refractivity contribution in [1.82, 2.24) is 5.43 Å². The average Bonchev–Trinajstić information content (AvgIpc) is 2.68. The van der Waals surface area contributed by atoms with Gasteiger partial charge in [-0.15, -0.1) is 0 Å². The molecule has 1 N–H and O–H groups in total. The molecule has 0 aromatic heterocycles. The Morgan fingerprint density at radius 3 is 3.06 bits per heavy atom. The van der Waals surface area contributed by atoms with Crippen LogP contribution < -0.4 is 5.43 Å². The molecule has 0 bridgehead atoms. The second-order valence-electron chi connectivity index (χ2n) is 3.75. The molecule has 0 saturated heterocycles. The molecular weight excluding hydrogens is 207 g/mol. The Labute approximate surface area is 93.4 Å². The van der Waals surface area contributed by atoms with Crippen molar-refractivity contribution >= 4 is 11.6 Å². The van der Waals surface area contributed by atoms with Crippen LogP contribution in [0.5, 0.6) is 0 Å². The number of benzene rings is 1. The molecule has 0 unspecified atom stereocenters. The quantitative estimate of drug-likeness (QED) is 0.761. The number of hydrazone groups is 1. The Morgan fingerprint density at radius 1 is 1.50 bits per heavy atom. The number of halogens is 1. The number of hydrogen-bond donors (Lipinski definition) is 1. The lowest BCUT2D eigenvalue weighted by atomic mass is 10.1. The summed E-state index contributed by atoms with van der Waals surface area (Å²) < 4.78 is 13.1. The van der Waals surface area contributed by atoms with E-state index in [0.717, 1.165) is 29.7 Å². The summed E-state index contributed by atoms with van der Waals surface area (Å²) in [7, 11) is 0. The van der Waals surface area contributed by atoms with Crippen molar-refractivity contribution in [2.75, 3.05) is 0 Å². The number of carbonyl (C=O) groups is 1. The van der Waals surface area contributed by atoms with E-state index in [4.69, 9.17) is 0 Å². The topological polar surface area (TPSA) is 41.5 Å². The minimum absolute atomic E-state index is 0.127. The van der Waals surface area contributed by atoms with Gasteiger partial charge < -0.3 is 0 Å². The van der Waals surface area contributed by atoms with Crippen molar-refractivity contribution in [3.8, 4) is 0 Å². The zero-order valence-electron chi connectivity index (χ0n) is 9.09. The summed E-state index contributed by atoms with van der Waals surface area (Å²) in [6.07, 6.45) is 2.01. The van der Waals surface area contributed by atoms with Crippen molar-refractivity contribution in [2.24, 2.45) is 5.10 Å². The lowest BCUT2D eigenvalue weighted by Gasteiger charge is -2.01. The van der Waals surface area contributed by atoms with Gasteiger partial charge in [0.05, 0.1) is 5.71 Å². The first-order valence-corrected chi connectivity index (χ1v) is 5.35. The maximum atomic E-state index is 13.1. The Balaban J connectivity index is 2.22. The van der Waals surface area contributed by atoms with E-state index in [-0.39, 0.29) is 11.7 Å². The summed E-state index contributed by atoms with van der Waals surface area (Å²) in [6.45, 7) is 1.76. The maximum absolute atomic E-state index is 13.1. The molecule has 4 heteroatoms. The van der Waals surface area contributed by atoms with Crippen molar-refractivity contribution in [3.05, 3.63) is 35.1 Å². The summed E-state index contributed by atoms with van der Waals surface area (Å²) in [5.74, 6) is -0.396.